The maximum absolute atomic E-state index is 12.7. The van der Waals surface area contributed by atoms with Gasteiger partial charge in [0.1, 0.15) is 11.5 Å². The summed E-state index contributed by atoms with van der Waals surface area (Å²) in [6, 6.07) is 15.5. The van der Waals surface area contributed by atoms with Gasteiger partial charge in [0.2, 0.25) is 5.91 Å². The van der Waals surface area contributed by atoms with Crippen molar-refractivity contribution in [3.05, 3.63) is 59.7 Å². The van der Waals surface area contributed by atoms with E-state index < -0.39 is 0 Å². The van der Waals surface area contributed by atoms with Crippen LogP contribution in [-0.2, 0) is 22.4 Å². The number of benzene rings is 2. The zero-order valence-corrected chi connectivity index (χ0v) is 18.5. The monoisotopic (exact) mass is 424 g/mol. The van der Waals surface area contributed by atoms with Crippen molar-refractivity contribution >= 4 is 11.8 Å². The minimum Gasteiger partial charge on any atom is -0.497 e. The molecule has 0 aliphatic carbocycles. The van der Waals surface area contributed by atoms with Crippen LogP contribution in [0, 0.1) is 0 Å². The van der Waals surface area contributed by atoms with Gasteiger partial charge in [-0.05, 0) is 48.2 Å². The lowest BCUT2D eigenvalue weighted by Gasteiger charge is -2.22. The van der Waals surface area contributed by atoms with Crippen molar-refractivity contribution in [2.24, 2.45) is 0 Å². The average molecular weight is 425 g/mol. The topological polar surface area (TPSA) is 59.1 Å². The summed E-state index contributed by atoms with van der Waals surface area (Å²) >= 11 is 0. The van der Waals surface area contributed by atoms with Crippen molar-refractivity contribution in [2.45, 2.75) is 32.6 Å². The second kappa shape index (κ2) is 11.4. The number of hydrogen-bond acceptors (Lipinski definition) is 4. The number of methoxy groups -OCH3 is 1. The first-order valence-corrected chi connectivity index (χ1v) is 11.0. The maximum atomic E-state index is 12.7. The number of carbonyl (C=O) groups excluding carboxylic acids is 2. The van der Waals surface area contributed by atoms with Gasteiger partial charge >= 0.3 is 0 Å². The summed E-state index contributed by atoms with van der Waals surface area (Å²) in [5.74, 6) is 1.53. The zero-order chi connectivity index (χ0) is 22.1. The first kappa shape index (κ1) is 22.7. The summed E-state index contributed by atoms with van der Waals surface area (Å²) in [5.41, 5.74) is 2.23. The molecule has 1 saturated heterocycles. The summed E-state index contributed by atoms with van der Waals surface area (Å²) in [6.07, 6.45) is 3.27. The standard InChI is InChI=1S/C25H32N2O4/c1-3-5-20-6-12-23(13-7-20)31-19-25(29)27-15-4-14-26(16-17-27)24(28)18-21-8-10-22(30-2)11-9-21/h6-13H,3-5,14-19H2,1-2H3. The highest BCUT2D eigenvalue weighted by molar-refractivity contribution is 5.80. The third kappa shape index (κ3) is 6.74. The van der Waals surface area contributed by atoms with Crippen LogP contribution in [0.25, 0.3) is 0 Å². The number of aryl methyl sites for hydroxylation is 1. The van der Waals surface area contributed by atoms with Crippen LogP contribution < -0.4 is 9.47 Å². The highest BCUT2D eigenvalue weighted by Gasteiger charge is 2.22. The molecular formula is C25H32N2O4. The Bertz CT molecular complexity index is 849. The fraction of sp³-hybridized carbons (Fsp3) is 0.440. The maximum Gasteiger partial charge on any atom is 0.260 e. The summed E-state index contributed by atoms with van der Waals surface area (Å²) in [7, 11) is 1.62. The van der Waals surface area contributed by atoms with Crippen LogP contribution >= 0.6 is 0 Å². The predicted molar refractivity (Wildman–Crippen MR) is 120 cm³/mol. The molecule has 0 bridgehead atoms. The van der Waals surface area contributed by atoms with Gasteiger partial charge in [0.25, 0.3) is 5.91 Å². The molecule has 0 spiro atoms. The molecule has 166 valence electrons. The molecule has 3 rings (SSSR count). The van der Waals surface area contributed by atoms with E-state index in [0.29, 0.717) is 38.3 Å². The molecule has 0 aromatic heterocycles. The Labute approximate surface area is 184 Å². The van der Waals surface area contributed by atoms with Gasteiger partial charge in [-0.2, -0.15) is 0 Å². The summed E-state index contributed by atoms with van der Waals surface area (Å²) < 4.78 is 10.8. The number of ether oxygens (including phenoxy) is 2. The number of rotatable bonds is 8. The van der Waals surface area contributed by atoms with Crippen LogP contribution in [0.2, 0.25) is 0 Å². The summed E-state index contributed by atoms with van der Waals surface area (Å²) in [6.45, 7) is 4.56. The van der Waals surface area contributed by atoms with Gasteiger partial charge in [-0.25, -0.2) is 0 Å². The average Bonchev–Trinajstić information content (AvgIpc) is 3.06. The van der Waals surface area contributed by atoms with E-state index in [1.54, 1.807) is 12.0 Å². The highest BCUT2D eigenvalue weighted by Crippen LogP contribution is 2.15. The Morgan fingerprint density at radius 2 is 1.39 bits per heavy atom. The Balaban J connectivity index is 1.45. The van der Waals surface area contributed by atoms with Gasteiger partial charge in [-0.1, -0.05) is 37.6 Å². The van der Waals surface area contributed by atoms with E-state index in [1.165, 1.54) is 5.56 Å². The largest absolute Gasteiger partial charge is 0.497 e. The van der Waals surface area contributed by atoms with Crippen molar-refractivity contribution < 1.29 is 19.1 Å². The lowest BCUT2D eigenvalue weighted by atomic mass is 10.1. The van der Waals surface area contributed by atoms with E-state index in [-0.39, 0.29) is 18.4 Å². The highest BCUT2D eigenvalue weighted by atomic mass is 16.5. The van der Waals surface area contributed by atoms with Crippen molar-refractivity contribution in [1.82, 2.24) is 9.80 Å². The van der Waals surface area contributed by atoms with Crippen LogP contribution in [0.5, 0.6) is 11.5 Å². The Hall–Kier alpha value is -3.02. The molecule has 0 radical (unpaired) electrons. The minimum absolute atomic E-state index is 0.0208. The fourth-order valence-corrected chi connectivity index (χ4v) is 3.72. The molecule has 2 aromatic carbocycles. The number of hydrogen-bond donors (Lipinski definition) is 0. The second-order valence-corrected chi connectivity index (χ2v) is 7.82. The Morgan fingerprint density at radius 1 is 0.806 bits per heavy atom. The van der Waals surface area contributed by atoms with Crippen molar-refractivity contribution in [3.8, 4) is 11.5 Å². The lowest BCUT2D eigenvalue weighted by molar-refractivity contribution is -0.134. The van der Waals surface area contributed by atoms with E-state index in [9.17, 15) is 9.59 Å². The zero-order valence-electron chi connectivity index (χ0n) is 18.5. The molecule has 6 nitrogen and oxygen atoms in total. The summed E-state index contributed by atoms with van der Waals surface area (Å²) in [4.78, 5) is 29.0. The van der Waals surface area contributed by atoms with Crippen LogP contribution in [-0.4, -0.2) is 61.5 Å². The molecule has 0 unspecified atom stereocenters. The minimum atomic E-state index is -0.0397. The van der Waals surface area contributed by atoms with Gasteiger partial charge in [-0.3, -0.25) is 9.59 Å². The van der Waals surface area contributed by atoms with Gasteiger partial charge in [0, 0.05) is 26.2 Å². The van der Waals surface area contributed by atoms with Gasteiger partial charge in [0.15, 0.2) is 6.61 Å². The SMILES string of the molecule is CCCc1ccc(OCC(=O)N2CCCN(C(=O)Cc3ccc(OC)cc3)CC2)cc1. The molecule has 0 saturated carbocycles. The number of nitrogens with zero attached hydrogens (tertiary/aromatic N) is 2. The first-order valence-electron chi connectivity index (χ1n) is 11.0. The van der Waals surface area contributed by atoms with Gasteiger partial charge < -0.3 is 19.3 Å². The molecular weight excluding hydrogens is 392 g/mol. The third-order valence-electron chi connectivity index (χ3n) is 5.54. The Morgan fingerprint density at radius 3 is 2.00 bits per heavy atom. The van der Waals surface area contributed by atoms with E-state index in [2.05, 4.69) is 6.92 Å². The number of amides is 2. The van der Waals surface area contributed by atoms with Crippen LogP contribution in [0.15, 0.2) is 48.5 Å². The molecule has 31 heavy (non-hydrogen) atoms. The number of carbonyl (C=O) groups is 2. The van der Waals surface area contributed by atoms with Crippen LogP contribution in [0.4, 0.5) is 0 Å². The molecule has 0 N–H and O–H groups in total. The van der Waals surface area contributed by atoms with E-state index in [0.717, 1.165) is 30.6 Å². The molecule has 0 atom stereocenters. The molecule has 1 fully saturated rings. The normalized spacial score (nSPS) is 14.1. The smallest absolute Gasteiger partial charge is 0.260 e. The lowest BCUT2D eigenvalue weighted by Crippen LogP contribution is -2.39. The van der Waals surface area contributed by atoms with Crippen molar-refractivity contribution in [2.75, 3.05) is 39.9 Å². The van der Waals surface area contributed by atoms with Crippen molar-refractivity contribution in [3.63, 3.8) is 0 Å². The van der Waals surface area contributed by atoms with Crippen LogP contribution in [0.3, 0.4) is 0 Å². The molecule has 2 aromatic rings. The molecule has 1 aliphatic rings. The van der Waals surface area contributed by atoms with Crippen molar-refractivity contribution in [1.29, 1.82) is 0 Å². The Kier molecular flexibility index (Phi) is 8.33. The first-order chi connectivity index (χ1) is 15.1. The van der Waals surface area contributed by atoms with Gasteiger partial charge in [-0.15, -0.1) is 0 Å². The molecule has 1 heterocycles. The predicted octanol–water partition coefficient (Wildman–Crippen LogP) is 3.33. The molecule has 2 amide bonds. The van der Waals surface area contributed by atoms with E-state index in [4.69, 9.17) is 9.47 Å². The van der Waals surface area contributed by atoms with Gasteiger partial charge in [0.05, 0.1) is 13.5 Å². The quantitative estimate of drug-likeness (QED) is 0.652. The molecule has 6 heteroatoms. The fourth-order valence-electron chi connectivity index (χ4n) is 3.72. The van der Waals surface area contributed by atoms with E-state index in [1.807, 2.05) is 53.4 Å². The third-order valence-corrected chi connectivity index (χ3v) is 5.54. The van der Waals surface area contributed by atoms with Crippen LogP contribution in [0.1, 0.15) is 30.9 Å². The second-order valence-electron chi connectivity index (χ2n) is 7.82. The molecule has 1 aliphatic heterocycles. The van der Waals surface area contributed by atoms with E-state index >= 15 is 0 Å². The summed E-state index contributed by atoms with van der Waals surface area (Å²) in [5, 5.41) is 0.